The summed E-state index contributed by atoms with van der Waals surface area (Å²) in [7, 11) is 0. The minimum atomic E-state index is -0.285. The van der Waals surface area contributed by atoms with Crippen molar-refractivity contribution in [3.05, 3.63) is 53.7 Å². The fraction of sp³-hybridized carbons (Fsp3) is 0.440. The lowest BCUT2D eigenvalue weighted by atomic mass is 9.95. The third kappa shape index (κ3) is 7.18. The third-order valence-electron chi connectivity index (χ3n) is 5.67. The van der Waals surface area contributed by atoms with E-state index < -0.39 is 0 Å². The monoisotopic (exact) mass is 436 g/mol. The van der Waals surface area contributed by atoms with Gasteiger partial charge in [-0.3, -0.25) is 14.4 Å². The van der Waals surface area contributed by atoms with Gasteiger partial charge in [0.25, 0.3) is 0 Å². The highest BCUT2D eigenvalue weighted by Gasteiger charge is 2.22. The van der Waals surface area contributed by atoms with E-state index in [0.717, 1.165) is 36.8 Å². The number of nitrogens with one attached hydrogen (secondary N) is 2. The Morgan fingerprint density at radius 2 is 1.66 bits per heavy atom. The van der Waals surface area contributed by atoms with Crippen LogP contribution in [0.5, 0.6) is 0 Å². The Kier molecular flexibility index (Phi) is 8.36. The van der Waals surface area contributed by atoms with E-state index in [4.69, 9.17) is 0 Å². The van der Waals surface area contributed by atoms with Crippen molar-refractivity contribution in [2.24, 2.45) is 0 Å². The van der Waals surface area contributed by atoms with Gasteiger partial charge in [-0.1, -0.05) is 37.0 Å². The molecule has 0 unspecified atom stereocenters. The van der Waals surface area contributed by atoms with Crippen molar-refractivity contribution in [3.63, 3.8) is 0 Å². The van der Waals surface area contributed by atoms with Gasteiger partial charge in [0.1, 0.15) is 12.4 Å². The molecule has 0 spiro atoms. The predicted molar refractivity (Wildman–Crippen MR) is 125 cm³/mol. The topological polar surface area (TPSA) is 91.4 Å². The van der Waals surface area contributed by atoms with Gasteiger partial charge in [-0.15, -0.1) is 0 Å². The molecule has 1 aliphatic rings. The number of benzene rings is 1. The molecule has 1 saturated carbocycles. The Bertz CT molecular complexity index is 936. The molecule has 2 aromatic rings. The quantitative estimate of drug-likeness (QED) is 0.657. The van der Waals surface area contributed by atoms with Gasteiger partial charge in [-0.05, 0) is 56.5 Å². The summed E-state index contributed by atoms with van der Waals surface area (Å²) in [5.41, 5.74) is 2.71. The van der Waals surface area contributed by atoms with Gasteiger partial charge in [-0.25, -0.2) is 4.98 Å². The van der Waals surface area contributed by atoms with Crippen LogP contribution in [0.15, 0.2) is 42.6 Å². The summed E-state index contributed by atoms with van der Waals surface area (Å²) < 4.78 is 0. The standard InChI is InChI=1S/C25H32N4O3/c1-18-8-10-21(11-9-18)29(17-24(31)27-20-6-4-3-5-7-20)25(32)13-12-23(30)28-22-16-19(2)14-15-26-22/h8-11,14-16,20H,3-7,12-13,17H2,1-2H3,(H,27,31)(H,26,28,30). The summed E-state index contributed by atoms with van der Waals surface area (Å²) in [6.45, 7) is 3.83. The number of anilines is 2. The smallest absolute Gasteiger partial charge is 0.240 e. The molecule has 1 heterocycles. The molecule has 170 valence electrons. The van der Waals surface area contributed by atoms with E-state index in [-0.39, 0.29) is 43.1 Å². The first-order valence-corrected chi connectivity index (χ1v) is 11.3. The second-order valence-corrected chi connectivity index (χ2v) is 8.48. The summed E-state index contributed by atoms with van der Waals surface area (Å²) >= 11 is 0. The van der Waals surface area contributed by atoms with Crippen LogP contribution in [0, 0.1) is 13.8 Å². The van der Waals surface area contributed by atoms with E-state index >= 15 is 0 Å². The van der Waals surface area contributed by atoms with E-state index in [1.165, 1.54) is 11.3 Å². The number of carbonyl (C=O) groups excluding carboxylic acids is 3. The molecule has 7 nitrogen and oxygen atoms in total. The molecule has 1 aromatic carbocycles. The number of hydrogen-bond acceptors (Lipinski definition) is 4. The van der Waals surface area contributed by atoms with E-state index in [0.29, 0.717) is 11.5 Å². The number of nitrogens with zero attached hydrogens (tertiary/aromatic N) is 2. The molecule has 0 radical (unpaired) electrons. The Morgan fingerprint density at radius 1 is 0.938 bits per heavy atom. The second kappa shape index (κ2) is 11.4. The predicted octanol–water partition coefficient (Wildman–Crippen LogP) is 3.90. The van der Waals surface area contributed by atoms with Gasteiger partial charge >= 0.3 is 0 Å². The zero-order valence-corrected chi connectivity index (χ0v) is 18.9. The molecule has 3 rings (SSSR count). The lowest BCUT2D eigenvalue weighted by Crippen LogP contribution is -2.45. The van der Waals surface area contributed by atoms with Crippen LogP contribution in [0.3, 0.4) is 0 Å². The van der Waals surface area contributed by atoms with Gasteiger partial charge in [0.15, 0.2) is 0 Å². The Morgan fingerprint density at radius 3 is 2.34 bits per heavy atom. The molecule has 1 aliphatic carbocycles. The number of rotatable bonds is 8. The molecular formula is C25H32N4O3. The van der Waals surface area contributed by atoms with Crippen molar-refractivity contribution < 1.29 is 14.4 Å². The van der Waals surface area contributed by atoms with Crippen LogP contribution in [0.25, 0.3) is 0 Å². The van der Waals surface area contributed by atoms with Gasteiger partial charge in [-0.2, -0.15) is 0 Å². The first-order chi connectivity index (χ1) is 15.4. The average Bonchev–Trinajstić information content (AvgIpc) is 2.77. The minimum absolute atomic E-state index is 0.00222. The summed E-state index contributed by atoms with van der Waals surface area (Å²) in [5.74, 6) is -0.254. The molecule has 1 aromatic heterocycles. The zero-order chi connectivity index (χ0) is 22.9. The highest BCUT2D eigenvalue weighted by molar-refractivity contribution is 6.01. The van der Waals surface area contributed by atoms with Crippen LogP contribution >= 0.6 is 0 Å². The maximum atomic E-state index is 13.0. The van der Waals surface area contributed by atoms with Crippen LogP contribution in [-0.4, -0.2) is 35.3 Å². The number of pyridine rings is 1. The van der Waals surface area contributed by atoms with Crippen LogP contribution in [0.2, 0.25) is 0 Å². The van der Waals surface area contributed by atoms with Gasteiger partial charge < -0.3 is 15.5 Å². The molecule has 0 saturated heterocycles. The van der Waals surface area contributed by atoms with Gasteiger partial charge in [0.05, 0.1) is 0 Å². The van der Waals surface area contributed by atoms with Crippen LogP contribution in [-0.2, 0) is 14.4 Å². The molecular weight excluding hydrogens is 404 g/mol. The summed E-state index contributed by atoms with van der Waals surface area (Å²) in [4.78, 5) is 43.6. The molecule has 0 aliphatic heterocycles. The Balaban J connectivity index is 1.61. The van der Waals surface area contributed by atoms with Crippen molar-refractivity contribution in [3.8, 4) is 0 Å². The highest BCUT2D eigenvalue weighted by atomic mass is 16.2. The molecule has 3 amide bonds. The number of carbonyl (C=O) groups is 3. The van der Waals surface area contributed by atoms with Crippen LogP contribution in [0.4, 0.5) is 11.5 Å². The van der Waals surface area contributed by atoms with Crippen molar-refractivity contribution in [2.75, 3.05) is 16.8 Å². The fourth-order valence-corrected chi connectivity index (χ4v) is 3.88. The lowest BCUT2D eigenvalue weighted by molar-refractivity contribution is -0.125. The number of amides is 3. The summed E-state index contributed by atoms with van der Waals surface area (Å²) in [5, 5.41) is 5.79. The van der Waals surface area contributed by atoms with E-state index in [1.807, 2.05) is 44.2 Å². The first-order valence-electron chi connectivity index (χ1n) is 11.3. The maximum Gasteiger partial charge on any atom is 0.240 e. The van der Waals surface area contributed by atoms with Gasteiger partial charge in [0, 0.05) is 30.8 Å². The molecule has 2 N–H and O–H groups in total. The van der Waals surface area contributed by atoms with Gasteiger partial charge in [0.2, 0.25) is 17.7 Å². The number of hydrogen-bond donors (Lipinski definition) is 2. The highest BCUT2D eigenvalue weighted by Crippen LogP contribution is 2.19. The number of aromatic nitrogens is 1. The summed E-state index contributed by atoms with van der Waals surface area (Å²) in [6.07, 6.45) is 7.06. The molecule has 1 fully saturated rings. The van der Waals surface area contributed by atoms with Crippen molar-refractivity contribution in [1.29, 1.82) is 0 Å². The van der Waals surface area contributed by atoms with Crippen molar-refractivity contribution in [2.45, 2.75) is 64.8 Å². The summed E-state index contributed by atoms with van der Waals surface area (Å²) in [6, 6.07) is 11.3. The first kappa shape index (κ1) is 23.4. The largest absolute Gasteiger partial charge is 0.352 e. The SMILES string of the molecule is Cc1ccc(N(CC(=O)NC2CCCCC2)C(=O)CCC(=O)Nc2cc(C)ccn2)cc1. The van der Waals surface area contributed by atoms with Crippen LogP contribution in [0.1, 0.15) is 56.1 Å². The minimum Gasteiger partial charge on any atom is -0.352 e. The second-order valence-electron chi connectivity index (χ2n) is 8.48. The molecule has 32 heavy (non-hydrogen) atoms. The molecule has 7 heteroatoms. The lowest BCUT2D eigenvalue weighted by Gasteiger charge is -2.26. The van der Waals surface area contributed by atoms with E-state index in [2.05, 4.69) is 15.6 Å². The number of aryl methyl sites for hydroxylation is 2. The Labute approximate surface area is 189 Å². The normalized spacial score (nSPS) is 13.9. The third-order valence-corrected chi connectivity index (χ3v) is 5.67. The maximum absolute atomic E-state index is 13.0. The fourth-order valence-electron chi connectivity index (χ4n) is 3.88. The average molecular weight is 437 g/mol. The van der Waals surface area contributed by atoms with Crippen molar-refractivity contribution >= 4 is 29.2 Å². The Hall–Kier alpha value is -3.22. The van der Waals surface area contributed by atoms with E-state index in [1.54, 1.807) is 12.3 Å². The van der Waals surface area contributed by atoms with E-state index in [9.17, 15) is 14.4 Å². The van der Waals surface area contributed by atoms with Crippen molar-refractivity contribution in [1.82, 2.24) is 10.3 Å². The molecule has 0 bridgehead atoms. The molecule has 0 atom stereocenters. The zero-order valence-electron chi connectivity index (χ0n) is 18.9. The van der Waals surface area contributed by atoms with Crippen LogP contribution < -0.4 is 15.5 Å².